The second kappa shape index (κ2) is 12.5. The van der Waals surface area contributed by atoms with E-state index < -0.39 is 0 Å². The van der Waals surface area contributed by atoms with Crippen molar-refractivity contribution in [2.75, 3.05) is 16.3 Å². The minimum absolute atomic E-state index is 0.156. The van der Waals surface area contributed by atoms with Gasteiger partial charge in [0.1, 0.15) is 0 Å². The van der Waals surface area contributed by atoms with E-state index in [0.717, 1.165) is 19.5 Å². The fourth-order valence-corrected chi connectivity index (χ4v) is 8.50. The summed E-state index contributed by atoms with van der Waals surface area (Å²) in [7, 11) is 0.884. The lowest BCUT2D eigenvalue weighted by Gasteiger charge is -2.43. The van der Waals surface area contributed by atoms with Crippen LogP contribution >= 0.6 is 0 Å². The van der Waals surface area contributed by atoms with Gasteiger partial charge in [0.05, 0.1) is 0 Å². The summed E-state index contributed by atoms with van der Waals surface area (Å²) < 4.78 is 0. The van der Waals surface area contributed by atoms with E-state index in [4.69, 9.17) is 0 Å². The van der Waals surface area contributed by atoms with Crippen LogP contribution in [0.15, 0.2) is 85.1 Å². The highest BCUT2D eigenvalue weighted by Gasteiger charge is 2.38. The fourth-order valence-electron chi connectivity index (χ4n) is 8.50. The Hall–Kier alpha value is -3.98. The van der Waals surface area contributed by atoms with Crippen LogP contribution < -0.4 is 20.7 Å². The Morgan fingerprint density at radius 3 is 2.10 bits per heavy atom. The van der Waals surface area contributed by atoms with Gasteiger partial charge in [-0.05, 0) is 145 Å². The van der Waals surface area contributed by atoms with E-state index in [9.17, 15) is 0 Å². The summed E-state index contributed by atoms with van der Waals surface area (Å²) in [5.74, 6) is 0.497. The predicted molar refractivity (Wildman–Crippen MR) is 213 cm³/mol. The van der Waals surface area contributed by atoms with Gasteiger partial charge in [-0.25, -0.2) is 0 Å². The third-order valence-corrected chi connectivity index (χ3v) is 11.0. The van der Waals surface area contributed by atoms with E-state index in [1.807, 2.05) is 6.08 Å². The lowest BCUT2D eigenvalue weighted by molar-refractivity contribution is 0.332. The predicted octanol–water partition coefficient (Wildman–Crippen LogP) is 10.7. The van der Waals surface area contributed by atoms with Crippen molar-refractivity contribution in [3.05, 3.63) is 118 Å². The fraction of sp³-hybridized carbons (Fsp3) is 0.378. The Morgan fingerprint density at radius 1 is 0.833 bits per heavy atom. The monoisotopic (exact) mass is 634 g/mol. The average molecular weight is 635 g/mol. The molecule has 3 heteroatoms. The van der Waals surface area contributed by atoms with Crippen molar-refractivity contribution in [3.8, 4) is 11.1 Å². The smallest absolute Gasteiger partial charge is 0.200 e. The van der Waals surface area contributed by atoms with Gasteiger partial charge in [0.25, 0.3) is 0 Å². The summed E-state index contributed by atoms with van der Waals surface area (Å²) in [6.45, 7) is 30.7. The minimum Gasteiger partial charge on any atom is -0.342 e. The first-order valence-electron chi connectivity index (χ1n) is 18.0. The van der Waals surface area contributed by atoms with Crippen LogP contribution in [0, 0.1) is 33.6 Å². The number of benzene rings is 4. The zero-order chi connectivity index (χ0) is 34.7. The summed E-state index contributed by atoms with van der Waals surface area (Å²) >= 11 is 0. The molecule has 248 valence electrons. The Balaban J connectivity index is 1.56. The summed E-state index contributed by atoms with van der Waals surface area (Å²) in [5, 5.41) is 0. The Bertz CT molecular complexity index is 1920. The second-order valence-electron chi connectivity index (χ2n) is 16.3. The molecule has 0 aromatic heterocycles. The highest BCUT2D eigenvalue weighted by atomic mass is 15.2. The van der Waals surface area contributed by atoms with Crippen molar-refractivity contribution in [2.45, 2.75) is 99.8 Å². The van der Waals surface area contributed by atoms with Gasteiger partial charge in [-0.2, -0.15) is 0 Å². The second-order valence-corrected chi connectivity index (χ2v) is 16.3. The van der Waals surface area contributed by atoms with Gasteiger partial charge >= 0.3 is 0 Å². The summed E-state index contributed by atoms with van der Waals surface area (Å²) in [6.07, 6.45) is 6.64. The first-order chi connectivity index (χ1) is 22.6. The molecule has 2 aliphatic rings. The number of hydrogen-bond acceptors (Lipinski definition) is 2. The van der Waals surface area contributed by atoms with Crippen molar-refractivity contribution in [1.29, 1.82) is 0 Å². The SMILES string of the molecule is C=C/C(=C\C)N1c2cc(-c3c(C)cc(C)cc3C)ccc2Bc2c(N(CC(C)C)c3ccc4c(c3)C(C)(C)CCC4(C)C)cc(C)cc21. The van der Waals surface area contributed by atoms with Crippen molar-refractivity contribution in [3.63, 3.8) is 0 Å². The number of allylic oxidation sites excluding steroid dienone is 2. The molecule has 4 aromatic rings. The minimum atomic E-state index is 0.156. The van der Waals surface area contributed by atoms with Gasteiger partial charge in [-0.1, -0.05) is 95.6 Å². The third-order valence-electron chi connectivity index (χ3n) is 11.0. The molecule has 0 radical (unpaired) electrons. The average Bonchev–Trinajstić information content (AvgIpc) is 3.01. The van der Waals surface area contributed by atoms with Crippen LogP contribution in [-0.2, 0) is 10.8 Å². The molecule has 0 atom stereocenters. The van der Waals surface area contributed by atoms with Gasteiger partial charge in [-0.3, -0.25) is 0 Å². The van der Waals surface area contributed by atoms with E-state index in [-0.39, 0.29) is 10.8 Å². The maximum Gasteiger partial charge on any atom is 0.200 e. The van der Waals surface area contributed by atoms with E-state index in [1.165, 1.54) is 91.0 Å². The lowest BCUT2D eigenvalue weighted by atomic mass is 9.59. The molecular formula is C45H55BN2. The van der Waals surface area contributed by atoms with Gasteiger partial charge in [0.15, 0.2) is 0 Å². The van der Waals surface area contributed by atoms with E-state index >= 15 is 0 Å². The molecule has 1 heterocycles. The standard InChI is InChI=1S/C45H55BN2/c1-13-34(14-2)48-39-25-33(42-31(7)21-29(5)22-32(42)8)15-18-38(39)46-43-40(23-30(6)24-41(43)48)47(27-28(3)4)35-16-17-36-37(26-35)45(11,12)20-19-44(36,9)10/h13-18,21-26,28,46H,1,19-20,27H2,2-12H3/b34-14+. The van der Waals surface area contributed by atoms with Crippen molar-refractivity contribution in [2.24, 2.45) is 5.92 Å². The third kappa shape index (κ3) is 5.95. The topological polar surface area (TPSA) is 6.48 Å². The summed E-state index contributed by atoms with van der Waals surface area (Å²) in [4.78, 5) is 5.08. The molecule has 0 fully saturated rings. The van der Waals surface area contributed by atoms with Crippen LogP contribution in [0.1, 0.15) is 94.7 Å². The van der Waals surface area contributed by atoms with E-state index in [0.29, 0.717) is 5.92 Å². The number of aryl methyl sites for hydroxylation is 4. The first kappa shape index (κ1) is 33.9. The molecule has 1 aliphatic carbocycles. The summed E-state index contributed by atoms with van der Waals surface area (Å²) in [5.41, 5.74) is 20.2. The highest BCUT2D eigenvalue weighted by molar-refractivity contribution is 6.73. The Morgan fingerprint density at radius 2 is 1.48 bits per heavy atom. The molecule has 0 spiro atoms. The van der Waals surface area contributed by atoms with Crippen LogP contribution in [-0.4, -0.2) is 13.8 Å². The molecular weight excluding hydrogens is 579 g/mol. The number of fused-ring (bicyclic) bond motifs is 3. The number of anilines is 4. The molecule has 6 rings (SSSR count). The van der Waals surface area contributed by atoms with E-state index in [2.05, 4.69) is 159 Å². The number of rotatable bonds is 7. The normalized spacial score (nSPS) is 16.2. The molecule has 0 unspecified atom stereocenters. The van der Waals surface area contributed by atoms with Crippen LogP contribution in [0.3, 0.4) is 0 Å². The van der Waals surface area contributed by atoms with Crippen LogP contribution in [0.25, 0.3) is 11.1 Å². The van der Waals surface area contributed by atoms with Crippen LogP contribution in [0.4, 0.5) is 22.7 Å². The van der Waals surface area contributed by atoms with Crippen LogP contribution in [0.2, 0.25) is 0 Å². The molecule has 1 aliphatic heterocycles. The van der Waals surface area contributed by atoms with E-state index in [1.54, 1.807) is 0 Å². The van der Waals surface area contributed by atoms with Crippen molar-refractivity contribution < 1.29 is 0 Å². The van der Waals surface area contributed by atoms with Crippen molar-refractivity contribution in [1.82, 2.24) is 0 Å². The molecule has 0 saturated carbocycles. The molecule has 0 N–H and O–H groups in total. The van der Waals surface area contributed by atoms with Gasteiger partial charge in [0, 0.05) is 35.0 Å². The molecule has 0 amide bonds. The Kier molecular flexibility index (Phi) is 8.82. The number of hydrogen-bond donors (Lipinski definition) is 0. The van der Waals surface area contributed by atoms with Gasteiger partial charge < -0.3 is 9.80 Å². The maximum atomic E-state index is 4.28. The molecule has 0 saturated heterocycles. The molecule has 48 heavy (non-hydrogen) atoms. The quantitative estimate of drug-likeness (QED) is 0.147. The van der Waals surface area contributed by atoms with Gasteiger partial charge in [-0.15, -0.1) is 0 Å². The highest BCUT2D eigenvalue weighted by Crippen LogP contribution is 2.48. The zero-order valence-corrected chi connectivity index (χ0v) is 31.4. The van der Waals surface area contributed by atoms with Crippen LogP contribution in [0.5, 0.6) is 0 Å². The van der Waals surface area contributed by atoms with Crippen molar-refractivity contribution >= 4 is 41.0 Å². The molecule has 0 bridgehead atoms. The molecule has 2 nitrogen and oxygen atoms in total. The molecule has 4 aromatic carbocycles. The maximum absolute atomic E-state index is 4.28. The summed E-state index contributed by atoms with van der Waals surface area (Å²) in [6, 6.07) is 23.9. The zero-order valence-electron chi connectivity index (χ0n) is 31.4. The van der Waals surface area contributed by atoms with Gasteiger partial charge in [0.2, 0.25) is 7.28 Å². The largest absolute Gasteiger partial charge is 0.342 e. The lowest BCUT2D eigenvalue weighted by Crippen LogP contribution is -2.44. The Labute approximate surface area is 291 Å². The first-order valence-corrected chi connectivity index (χ1v) is 18.0. The number of nitrogens with zero attached hydrogens (tertiary/aromatic N) is 2.